The van der Waals surface area contributed by atoms with Crippen molar-refractivity contribution in [2.45, 2.75) is 5.16 Å². The molecule has 0 saturated carbocycles. The summed E-state index contributed by atoms with van der Waals surface area (Å²) in [6, 6.07) is 11.6. The lowest BCUT2D eigenvalue weighted by atomic mass is 10.2. The Morgan fingerprint density at radius 3 is 2.50 bits per heavy atom. The largest absolute Gasteiger partial charge is 0.325 e. The molecule has 2 amide bonds. The number of anilines is 2. The average Bonchev–Trinajstić information content (AvgIpc) is 3.30. The molecule has 2 aromatic carbocycles. The molecule has 0 aliphatic carbocycles. The van der Waals surface area contributed by atoms with Crippen LogP contribution in [-0.2, 0) is 11.8 Å². The first kappa shape index (κ1) is 19.5. The van der Waals surface area contributed by atoms with Crippen LogP contribution in [-0.4, -0.2) is 42.3 Å². The number of fused-ring (bicyclic) bond motifs is 1. The number of hydrogen-bond donors (Lipinski definition) is 4. The maximum absolute atomic E-state index is 12.5. The van der Waals surface area contributed by atoms with E-state index in [4.69, 9.17) is 0 Å². The highest BCUT2D eigenvalue weighted by atomic mass is 32.2. The molecule has 2 heterocycles. The summed E-state index contributed by atoms with van der Waals surface area (Å²) in [5, 5.41) is 13.9. The van der Waals surface area contributed by atoms with Crippen molar-refractivity contribution in [3.63, 3.8) is 0 Å². The third-order valence-electron chi connectivity index (χ3n) is 4.21. The topological polar surface area (TPSA) is 138 Å². The van der Waals surface area contributed by atoms with Crippen molar-refractivity contribution in [2.75, 3.05) is 16.4 Å². The maximum atomic E-state index is 12.5. The van der Waals surface area contributed by atoms with Crippen LogP contribution >= 0.6 is 11.8 Å². The molecule has 4 rings (SSSR count). The summed E-state index contributed by atoms with van der Waals surface area (Å²) in [6.07, 6.45) is 1.57. The molecule has 0 aliphatic heterocycles. The Balaban J connectivity index is 1.34. The maximum Gasteiger partial charge on any atom is 0.323 e. The van der Waals surface area contributed by atoms with Gasteiger partial charge in [-0.1, -0.05) is 11.8 Å². The smallest absolute Gasteiger partial charge is 0.323 e. The van der Waals surface area contributed by atoms with Crippen molar-refractivity contribution in [3.05, 3.63) is 64.8 Å². The van der Waals surface area contributed by atoms with Gasteiger partial charge in [0.15, 0.2) is 5.16 Å². The summed E-state index contributed by atoms with van der Waals surface area (Å²) in [5.74, 6) is -0.296. The van der Waals surface area contributed by atoms with Gasteiger partial charge in [0.25, 0.3) is 5.91 Å². The normalized spacial score (nSPS) is 10.8. The first-order chi connectivity index (χ1) is 14.5. The van der Waals surface area contributed by atoms with Gasteiger partial charge in [-0.05, 0) is 42.5 Å². The molecule has 11 heteroatoms. The highest BCUT2D eigenvalue weighted by Crippen LogP contribution is 2.17. The summed E-state index contributed by atoms with van der Waals surface area (Å²) >= 11 is 1.28. The molecular formula is C19H17N7O3S. The fourth-order valence-corrected chi connectivity index (χ4v) is 3.44. The molecule has 0 fully saturated rings. The van der Waals surface area contributed by atoms with E-state index in [-0.39, 0.29) is 23.3 Å². The number of carbonyl (C=O) groups is 2. The van der Waals surface area contributed by atoms with Crippen LogP contribution in [0.15, 0.2) is 58.7 Å². The van der Waals surface area contributed by atoms with Gasteiger partial charge in [-0.15, -0.1) is 10.2 Å². The van der Waals surface area contributed by atoms with Crippen LogP contribution in [0.2, 0.25) is 0 Å². The summed E-state index contributed by atoms with van der Waals surface area (Å²) in [5.41, 5.74) is 2.54. The average molecular weight is 423 g/mol. The molecule has 0 radical (unpaired) electrons. The Morgan fingerprint density at radius 1 is 1.03 bits per heavy atom. The number of aryl methyl sites for hydroxylation is 1. The fourth-order valence-electron chi connectivity index (χ4n) is 2.75. The molecule has 0 aliphatic rings. The van der Waals surface area contributed by atoms with E-state index in [0.29, 0.717) is 33.1 Å². The third-order valence-corrected chi connectivity index (χ3v) is 5.24. The minimum atomic E-state index is -0.305. The number of carbonyl (C=O) groups excluding carboxylic acids is 2. The Labute approximate surface area is 174 Å². The lowest BCUT2D eigenvalue weighted by molar-refractivity contribution is -0.113. The number of thioether (sulfide) groups is 1. The van der Waals surface area contributed by atoms with E-state index in [1.54, 1.807) is 60.4 Å². The fraction of sp³-hybridized carbons (Fsp3) is 0.105. The molecule has 4 aromatic rings. The zero-order chi connectivity index (χ0) is 21.1. The Hall–Kier alpha value is -3.86. The van der Waals surface area contributed by atoms with E-state index in [1.165, 1.54) is 11.8 Å². The van der Waals surface area contributed by atoms with Crippen LogP contribution in [0.25, 0.3) is 11.0 Å². The number of benzene rings is 2. The minimum absolute atomic E-state index is 0.186. The van der Waals surface area contributed by atoms with Crippen LogP contribution in [0.4, 0.5) is 11.4 Å². The van der Waals surface area contributed by atoms with Gasteiger partial charge in [-0.25, -0.2) is 4.79 Å². The summed E-state index contributed by atoms with van der Waals surface area (Å²) in [6.45, 7) is 0. The van der Waals surface area contributed by atoms with E-state index in [2.05, 4.69) is 30.8 Å². The molecule has 4 N–H and O–H groups in total. The number of hydrogen-bond acceptors (Lipinski definition) is 6. The Bertz CT molecular complexity index is 1270. The number of rotatable bonds is 6. The number of nitrogens with one attached hydrogen (secondary N) is 4. The molecule has 0 atom stereocenters. The van der Waals surface area contributed by atoms with Crippen molar-refractivity contribution in [3.8, 4) is 0 Å². The lowest BCUT2D eigenvalue weighted by Gasteiger charge is -2.08. The zero-order valence-electron chi connectivity index (χ0n) is 15.8. The third kappa shape index (κ3) is 4.41. The van der Waals surface area contributed by atoms with Gasteiger partial charge in [-0.2, -0.15) is 0 Å². The minimum Gasteiger partial charge on any atom is -0.325 e. The molecule has 10 nitrogen and oxygen atoms in total. The van der Waals surface area contributed by atoms with E-state index in [0.717, 1.165) is 0 Å². The highest BCUT2D eigenvalue weighted by Gasteiger charge is 2.10. The van der Waals surface area contributed by atoms with Crippen LogP contribution in [0.5, 0.6) is 0 Å². The number of aromatic nitrogens is 5. The first-order valence-electron chi connectivity index (χ1n) is 8.88. The number of nitrogens with zero attached hydrogens (tertiary/aromatic N) is 3. The highest BCUT2D eigenvalue weighted by molar-refractivity contribution is 7.99. The SMILES string of the molecule is Cn1cnnc1SCC(=O)Nc1ccc(C(=O)Nc2ccc3[nH]c(=O)[nH]c3c2)cc1. The predicted octanol–water partition coefficient (Wildman–Crippen LogP) is 1.97. The number of H-pyrrole nitrogens is 2. The number of imidazole rings is 1. The van der Waals surface area contributed by atoms with Gasteiger partial charge in [0.2, 0.25) is 5.91 Å². The molecular weight excluding hydrogens is 406 g/mol. The van der Waals surface area contributed by atoms with Gasteiger partial charge >= 0.3 is 5.69 Å². The van der Waals surface area contributed by atoms with Crippen molar-refractivity contribution in [2.24, 2.45) is 7.05 Å². The van der Waals surface area contributed by atoms with Crippen molar-refractivity contribution in [1.82, 2.24) is 24.7 Å². The lowest BCUT2D eigenvalue weighted by Crippen LogP contribution is -2.15. The van der Waals surface area contributed by atoms with E-state index >= 15 is 0 Å². The summed E-state index contributed by atoms with van der Waals surface area (Å²) in [4.78, 5) is 41.2. The van der Waals surface area contributed by atoms with E-state index in [1.807, 2.05) is 0 Å². The predicted molar refractivity (Wildman–Crippen MR) is 114 cm³/mol. The van der Waals surface area contributed by atoms with Crippen LogP contribution in [0.3, 0.4) is 0 Å². The summed E-state index contributed by atoms with van der Waals surface area (Å²) < 4.78 is 1.73. The first-order valence-corrected chi connectivity index (χ1v) is 9.86. The Morgan fingerprint density at radius 2 is 1.77 bits per heavy atom. The van der Waals surface area contributed by atoms with Crippen LogP contribution in [0, 0.1) is 0 Å². The second-order valence-corrected chi connectivity index (χ2v) is 7.37. The second kappa shape index (κ2) is 8.25. The monoisotopic (exact) mass is 423 g/mol. The van der Waals surface area contributed by atoms with Gasteiger partial charge in [0.1, 0.15) is 6.33 Å². The second-order valence-electron chi connectivity index (χ2n) is 6.43. The quantitative estimate of drug-likeness (QED) is 0.350. The van der Waals surface area contributed by atoms with Crippen molar-refractivity contribution >= 4 is 46.0 Å². The van der Waals surface area contributed by atoms with Gasteiger partial charge in [0.05, 0.1) is 16.8 Å². The summed E-state index contributed by atoms with van der Waals surface area (Å²) in [7, 11) is 1.81. The van der Waals surface area contributed by atoms with Gasteiger partial charge < -0.3 is 25.2 Å². The molecule has 0 saturated heterocycles. The molecule has 0 bridgehead atoms. The van der Waals surface area contributed by atoms with Crippen molar-refractivity contribution < 1.29 is 9.59 Å². The van der Waals surface area contributed by atoms with E-state index < -0.39 is 0 Å². The van der Waals surface area contributed by atoms with Gasteiger partial charge in [0, 0.05) is 24.0 Å². The van der Waals surface area contributed by atoms with Crippen LogP contribution < -0.4 is 16.3 Å². The van der Waals surface area contributed by atoms with E-state index in [9.17, 15) is 14.4 Å². The molecule has 2 aromatic heterocycles. The molecule has 152 valence electrons. The van der Waals surface area contributed by atoms with Gasteiger partial charge in [-0.3, -0.25) is 9.59 Å². The standard InChI is InChI=1S/C19H17N7O3S/c1-26-10-20-25-19(26)30-9-16(27)21-12-4-2-11(3-5-12)17(28)22-13-6-7-14-15(8-13)24-18(29)23-14/h2-8,10H,9H2,1H3,(H,21,27)(H,22,28)(H2,23,24,29). The molecule has 30 heavy (non-hydrogen) atoms. The zero-order valence-corrected chi connectivity index (χ0v) is 16.6. The molecule has 0 unspecified atom stereocenters. The van der Waals surface area contributed by atoms with Crippen molar-refractivity contribution in [1.29, 1.82) is 0 Å². The van der Waals surface area contributed by atoms with Crippen LogP contribution in [0.1, 0.15) is 10.4 Å². The number of aromatic amines is 2. The Kier molecular flexibility index (Phi) is 5.35. The number of amides is 2. The molecule has 0 spiro atoms.